The van der Waals surface area contributed by atoms with Gasteiger partial charge >= 0.3 is 5.63 Å². The summed E-state index contributed by atoms with van der Waals surface area (Å²) in [4.78, 5) is 11.7. The molecule has 2 aromatic carbocycles. The number of nitrogens with one attached hydrogen (secondary N) is 1. The van der Waals surface area contributed by atoms with E-state index in [0.29, 0.717) is 16.5 Å². The maximum atomic E-state index is 11.7. The molecule has 0 aliphatic heterocycles. The van der Waals surface area contributed by atoms with Crippen molar-refractivity contribution in [3.8, 4) is 5.75 Å². The summed E-state index contributed by atoms with van der Waals surface area (Å²) in [5, 5.41) is 13.9. The molecule has 0 bridgehead atoms. The average molecular weight is 393 g/mol. The summed E-state index contributed by atoms with van der Waals surface area (Å²) in [5.41, 5.74) is 4.04. The van der Waals surface area contributed by atoms with Gasteiger partial charge in [0.25, 0.3) is 0 Å². The first-order valence-corrected chi connectivity index (χ1v) is 9.64. The summed E-state index contributed by atoms with van der Waals surface area (Å²) in [7, 11) is 0. The van der Waals surface area contributed by atoms with Crippen molar-refractivity contribution in [1.29, 1.82) is 0 Å². The van der Waals surface area contributed by atoms with E-state index in [1.807, 2.05) is 57.2 Å². The van der Waals surface area contributed by atoms with E-state index in [1.165, 1.54) is 23.0 Å². The highest BCUT2D eigenvalue weighted by Gasteiger charge is 2.11. The van der Waals surface area contributed by atoms with Gasteiger partial charge < -0.3 is 14.5 Å². The first-order valence-electron chi connectivity index (χ1n) is 8.82. The molecule has 4 rings (SSSR count). The lowest BCUT2D eigenvalue weighted by Crippen LogP contribution is -2.01. The molecule has 0 radical (unpaired) electrons. The predicted molar refractivity (Wildman–Crippen MR) is 111 cm³/mol. The van der Waals surface area contributed by atoms with Gasteiger partial charge in [-0.2, -0.15) is 0 Å². The second-order valence-corrected chi connectivity index (χ2v) is 7.66. The van der Waals surface area contributed by atoms with Gasteiger partial charge in [0, 0.05) is 22.7 Å². The Morgan fingerprint density at radius 2 is 1.86 bits per heavy atom. The Kier molecular flexibility index (Phi) is 4.83. The third kappa shape index (κ3) is 3.75. The number of rotatable bonds is 5. The van der Waals surface area contributed by atoms with E-state index in [2.05, 4.69) is 15.5 Å². The Morgan fingerprint density at radius 3 is 2.64 bits per heavy atom. The molecule has 0 saturated heterocycles. The molecule has 0 atom stereocenters. The minimum absolute atomic E-state index is 0.287. The van der Waals surface area contributed by atoms with Crippen LogP contribution in [0.25, 0.3) is 11.0 Å². The Morgan fingerprint density at radius 1 is 1.07 bits per heavy atom. The van der Waals surface area contributed by atoms with E-state index >= 15 is 0 Å². The van der Waals surface area contributed by atoms with Crippen LogP contribution in [0.1, 0.15) is 21.7 Å². The van der Waals surface area contributed by atoms with Crippen LogP contribution in [0.5, 0.6) is 5.75 Å². The van der Waals surface area contributed by atoms with Gasteiger partial charge in [0.2, 0.25) is 5.13 Å². The second-order valence-electron chi connectivity index (χ2n) is 6.59. The fourth-order valence-electron chi connectivity index (χ4n) is 2.92. The lowest BCUT2D eigenvalue weighted by Gasteiger charge is -2.10. The topological polar surface area (TPSA) is 77.3 Å². The van der Waals surface area contributed by atoms with E-state index in [4.69, 9.17) is 9.15 Å². The van der Waals surface area contributed by atoms with Gasteiger partial charge in [-0.1, -0.05) is 29.0 Å². The van der Waals surface area contributed by atoms with Crippen LogP contribution in [0, 0.1) is 20.8 Å². The van der Waals surface area contributed by atoms with Crippen molar-refractivity contribution in [3.63, 3.8) is 0 Å². The van der Waals surface area contributed by atoms with E-state index < -0.39 is 0 Å². The Hall–Kier alpha value is -3.19. The van der Waals surface area contributed by atoms with Crippen LogP contribution < -0.4 is 15.7 Å². The van der Waals surface area contributed by atoms with E-state index in [9.17, 15) is 4.79 Å². The number of hydrogen-bond acceptors (Lipinski definition) is 7. The number of benzene rings is 2. The molecule has 4 aromatic rings. The van der Waals surface area contributed by atoms with Crippen LogP contribution >= 0.6 is 11.3 Å². The number of aryl methyl sites for hydroxylation is 3. The van der Waals surface area contributed by atoms with Crippen molar-refractivity contribution < 1.29 is 9.15 Å². The molecule has 2 aromatic heterocycles. The summed E-state index contributed by atoms with van der Waals surface area (Å²) in [6, 6.07) is 13.4. The Bertz CT molecular complexity index is 1200. The average Bonchev–Trinajstić information content (AvgIpc) is 3.11. The molecular formula is C21H19N3O3S. The van der Waals surface area contributed by atoms with Gasteiger partial charge in [0.1, 0.15) is 17.9 Å². The van der Waals surface area contributed by atoms with E-state index in [-0.39, 0.29) is 12.2 Å². The molecule has 7 heteroatoms. The fourth-order valence-corrected chi connectivity index (χ4v) is 3.59. The summed E-state index contributed by atoms with van der Waals surface area (Å²) < 4.78 is 11.3. The second kappa shape index (κ2) is 7.44. The summed E-state index contributed by atoms with van der Waals surface area (Å²) in [5.74, 6) is 0.657. The Labute approximate surface area is 165 Å². The van der Waals surface area contributed by atoms with Gasteiger partial charge in [-0.05, 0) is 50.6 Å². The zero-order chi connectivity index (χ0) is 19.7. The van der Waals surface area contributed by atoms with Crippen molar-refractivity contribution in [2.24, 2.45) is 0 Å². The standard InChI is InChI=1S/C21H19N3O3S/c1-12-4-6-15(7-5-12)22-21-24-23-18(28-21)11-26-17-9-8-16-13(2)10-19(25)27-20(16)14(17)3/h4-10H,11H2,1-3H3,(H,22,24). The van der Waals surface area contributed by atoms with Crippen molar-refractivity contribution in [2.75, 3.05) is 5.32 Å². The van der Waals surface area contributed by atoms with Gasteiger partial charge in [0.15, 0.2) is 5.01 Å². The number of anilines is 2. The molecule has 1 N–H and O–H groups in total. The van der Waals surface area contributed by atoms with Crippen molar-refractivity contribution >= 4 is 33.1 Å². The Balaban J connectivity index is 1.49. The van der Waals surface area contributed by atoms with E-state index in [1.54, 1.807) is 0 Å². The van der Waals surface area contributed by atoms with Crippen LogP contribution in [0.2, 0.25) is 0 Å². The normalized spacial score (nSPS) is 11.0. The molecule has 142 valence electrons. The first-order chi connectivity index (χ1) is 13.5. The molecule has 0 aliphatic rings. The number of fused-ring (bicyclic) bond motifs is 1. The van der Waals surface area contributed by atoms with Crippen LogP contribution in [-0.2, 0) is 6.61 Å². The SMILES string of the molecule is Cc1ccc(Nc2nnc(COc3ccc4c(C)cc(=O)oc4c3C)s2)cc1. The van der Waals surface area contributed by atoms with Crippen LogP contribution in [0.3, 0.4) is 0 Å². The monoisotopic (exact) mass is 393 g/mol. The molecule has 0 unspecified atom stereocenters. The molecule has 28 heavy (non-hydrogen) atoms. The van der Waals surface area contributed by atoms with Crippen molar-refractivity contribution in [1.82, 2.24) is 10.2 Å². The lowest BCUT2D eigenvalue weighted by atomic mass is 10.1. The summed E-state index contributed by atoms with van der Waals surface area (Å²) >= 11 is 1.43. The van der Waals surface area contributed by atoms with Crippen LogP contribution in [0.4, 0.5) is 10.8 Å². The van der Waals surface area contributed by atoms with Crippen molar-refractivity contribution in [2.45, 2.75) is 27.4 Å². The van der Waals surface area contributed by atoms with E-state index in [0.717, 1.165) is 27.2 Å². The smallest absolute Gasteiger partial charge is 0.336 e. The number of hydrogen-bond donors (Lipinski definition) is 1. The van der Waals surface area contributed by atoms with Gasteiger partial charge in [-0.3, -0.25) is 0 Å². The highest BCUT2D eigenvalue weighted by atomic mass is 32.1. The largest absolute Gasteiger partial charge is 0.486 e. The predicted octanol–water partition coefficient (Wildman–Crippen LogP) is 4.89. The van der Waals surface area contributed by atoms with Crippen molar-refractivity contribution in [3.05, 3.63) is 74.6 Å². The maximum absolute atomic E-state index is 11.7. The molecule has 0 fully saturated rings. The minimum atomic E-state index is -0.360. The lowest BCUT2D eigenvalue weighted by molar-refractivity contribution is 0.302. The number of nitrogens with zero attached hydrogens (tertiary/aromatic N) is 2. The molecule has 2 heterocycles. The van der Waals surface area contributed by atoms with Crippen LogP contribution in [0.15, 0.2) is 51.7 Å². The maximum Gasteiger partial charge on any atom is 0.336 e. The molecule has 6 nitrogen and oxygen atoms in total. The van der Waals surface area contributed by atoms with Gasteiger partial charge in [0.05, 0.1) is 0 Å². The fraction of sp³-hybridized carbons (Fsp3) is 0.190. The molecule has 0 saturated carbocycles. The highest BCUT2D eigenvalue weighted by molar-refractivity contribution is 7.15. The molecular weight excluding hydrogens is 374 g/mol. The molecule has 0 aliphatic carbocycles. The number of aromatic nitrogens is 2. The van der Waals surface area contributed by atoms with Gasteiger partial charge in [-0.15, -0.1) is 10.2 Å². The minimum Gasteiger partial charge on any atom is -0.486 e. The number of ether oxygens (including phenoxy) is 1. The quantitative estimate of drug-likeness (QED) is 0.486. The first kappa shape index (κ1) is 18.2. The van der Waals surface area contributed by atoms with Gasteiger partial charge in [-0.25, -0.2) is 4.79 Å². The highest BCUT2D eigenvalue weighted by Crippen LogP contribution is 2.29. The molecule has 0 spiro atoms. The third-order valence-electron chi connectivity index (χ3n) is 4.44. The molecule has 0 amide bonds. The zero-order valence-electron chi connectivity index (χ0n) is 15.8. The summed E-state index contributed by atoms with van der Waals surface area (Å²) in [6.45, 7) is 6.11. The summed E-state index contributed by atoms with van der Waals surface area (Å²) in [6.07, 6.45) is 0. The van der Waals surface area contributed by atoms with Crippen LogP contribution in [-0.4, -0.2) is 10.2 Å². The third-order valence-corrected chi connectivity index (χ3v) is 5.25. The zero-order valence-corrected chi connectivity index (χ0v) is 16.6.